The Labute approximate surface area is 87.2 Å². The summed E-state index contributed by atoms with van der Waals surface area (Å²) in [6.07, 6.45) is 1.07. The maximum atomic E-state index is 12.8. The third-order valence-corrected chi connectivity index (χ3v) is 2.22. The number of hydrogen-bond donors (Lipinski definition) is 0. The van der Waals surface area contributed by atoms with E-state index in [2.05, 4.69) is 15.1 Å². The van der Waals surface area contributed by atoms with E-state index in [0.29, 0.717) is 11.5 Å². The molecule has 0 saturated heterocycles. The number of fused-ring (bicyclic) bond motifs is 1. The van der Waals surface area contributed by atoms with Crippen LogP contribution in [0, 0.1) is 13.8 Å². The summed E-state index contributed by atoms with van der Waals surface area (Å²) in [7, 11) is 0. The van der Waals surface area contributed by atoms with Crippen molar-refractivity contribution in [3.05, 3.63) is 23.4 Å². The van der Waals surface area contributed by atoms with E-state index in [9.17, 15) is 4.39 Å². The third-order valence-electron chi connectivity index (χ3n) is 2.22. The van der Waals surface area contributed by atoms with Crippen molar-refractivity contribution in [2.24, 2.45) is 0 Å². The zero-order valence-electron chi connectivity index (χ0n) is 9.03. The highest BCUT2D eigenvalue weighted by Gasteiger charge is 2.10. The van der Waals surface area contributed by atoms with Crippen LogP contribution in [0.25, 0.3) is 5.65 Å². The fraction of sp³-hybridized carbons (Fsp3) is 0.500. The van der Waals surface area contributed by atoms with Crippen LogP contribution in [0.15, 0.2) is 6.20 Å². The molecule has 4 nitrogen and oxygen atoms in total. The van der Waals surface area contributed by atoms with Gasteiger partial charge in [0.2, 0.25) is 0 Å². The van der Waals surface area contributed by atoms with Crippen molar-refractivity contribution in [3.8, 4) is 0 Å². The average Bonchev–Trinajstić information content (AvgIpc) is 2.55. The maximum absolute atomic E-state index is 12.8. The van der Waals surface area contributed by atoms with Crippen molar-refractivity contribution < 1.29 is 4.39 Å². The SMILES string of the molecule is Cc1ncc(C)n2nc(CC(C)F)nc12. The molecule has 2 aromatic heterocycles. The van der Waals surface area contributed by atoms with Gasteiger partial charge in [0.1, 0.15) is 6.17 Å². The van der Waals surface area contributed by atoms with Crippen molar-refractivity contribution in [1.82, 2.24) is 19.6 Å². The number of aromatic nitrogens is 4. The van der Waals surface area contributed by atoms with Crippen LogP contribution in [0.2, 0.25) is 0 Å². The summed E-state index contributed by atoms with van der Waals surface area (Å²) in [5, 5.41) is 4.24. The second kappa shape index (κ2) is 3.56. The van der Waals surface area contributed by atoms with Crippen LogP contribution in [-0.2, 0) is 6.42 Å². The van der Waals surface area contributed by atoms with E-state index in [1.165, 1.54) is 6.92 Å². The summed E-state index contributed by atoms with van der Waals surface area (Å²) < 4.78 is 14.5. The van der Waals surface area contributed by atoms with Crippen LogP contribution in [0.1, 0.15) is 24.1 Å². The third kappa shape index (κ3) is 1.82. The molecule has 0 aliphatic heterocycles. The Morgan fingerprint density at radius 1 is 1.47 bits per heavy atom. The lowest BCUT2D eigenvalue weighted by atomic mass is 10.3. The van der Waals surface area contributed by atoms with Crippen LogP contribution in [0.4, 0.5) is 4.39 Å². The van der Waals surface area contributed by atoms with Crippen molar-refractivity contribution >= 4 is 5.65 Å². The Bertz CT molecular complexity index is 450. The van der Waals surface area contributed by atoms with E-state index in [1.54, 1.807) is 10.7 Å². The van der Waals surface area contributed by atoms with E-state index in [4.69, 9.17) is 0 Å². The highest BCUT2D eigenvalue weighted by molar-refractivity contribution is 5.43. The predicted molar refractivity (Wildman–Crippen MR) is 54.5 cm³/mol. The Balaban J connectivity index is 2.54. The van der Waals surface area contributed by atoms with Gasteiger partial charge >= 0.3 is 0 Å². The van der Waals surface area contributed by atoms with Gasteiger partial charge in [-0.3, -0.25) is 4.98 Å². The molecule has 0 bridgehead atoms. The maximum Gasteiger partial charge on any atom is 0.177 e. The van der Waals surface area contributed by atoms with Gasteiger partial charge in [0.25, 0.3) is 0 Å². The van der Waals surface area contributed by atoms with Gasteiger partial charge < -0.3 is 0 Å². The molecule has 2 aromatic rings. The largest absolute Gasteiger partial charge is 0.256 e. The lowest BCUT2D eigenvalue weighted by molar-refractivity contribution is 0.355. The van der Waals surface area contributed by atoms with E-state index < -0.39 is 6.17 Å². The number of rotatable bonds is 2. The van der Waals surface area contributed by atoms with Gasteiger partial charge in [-0.05, 0) is 20.8 Å². The first-order valence-corrected chi connectivity index (χ1v) is 4.90. The summed E-state index contributed by atoms with van der Waals surface area (Å²) in [6, 6.07) is 0. The Hall–Kier alpha value is -1.52. The molecule has 0 aliphatic rings. The Morgan fingerprint density at radius 3 is 2.80 bits per heavy atom. The van der Waals surface area contributed by atoms with Crippen molar-refractivity contribution in [3.63, 3.8) is 0 Å². The second-order valence-corrected chi connectivity index (χ2v) is 3.73. The molecule has 5 heteroatoms. The van der Waals surface area contributed by atoms with Crippen LogP contribution >= 0.6 is 0 Å². The molecule has 0 amide bonds. The minimum Gasteiger partial charge on any atom is -0.256 e. The van der Waals surface area contributed by atoms with Gasteiger partial charge in [-0.1, -0.05) is 0 Å². The quantitative estimate of drug-likeness (QED) is 0.753. The zero-order valence-corrected chi connectivity index (χ0v) is 9.03. The van der Waals surface area contributed by atoms with Crippen LogP contribution in [0.5, 0.6) is 0 Å². The fourth-order valence-electron chi connectivity index (χ4n) is 1.48. The number of aryl methyl sites for hydroxylation is 2. The summed E-state index contributed by atoms with van der Waals surface area (Å²) in [6.45, 7) is 5.27. The second-order valence-electron chi connectivity index (χ2n) is 3.73. The standard InChI is InChI=1S/C10H13FN4/c1-6(11)4-9-13-10-8(3)12-5-7(2)15(10)14-9/h5-6H,4H2,1-3H3. The molecular formula is C10H13FN4. The monoisotopic (exact) mass is 208 g/mol. The van der Waals surface area contributed by atoms with E-state index in [1.807, 2.05) is 13.8 Å². The fourth-order valence-corrected chi connectivity index (χ4v) is 1.48. The van der Waals surface area contributed by atoms with Crippen LogP contribution in [0.3, 0.4) is 0 Å². The van der Waals surface area contributed by atoms with Gasteiger partial charge in [-0.2, -0.15) is 5.10 Å². The van der Waals surface area contributed by atoms with Crippen molar-refractivity contribution in [2.75, 3.05) is 0 Å². The lowest BCUT2D eigenvalue weighted by Gasteiger charge is -1.97. The first-order valence-electron chi connectivity index (χ1n) is 4.90. The van der Waals surface area contributed by atoms with Crippen LogP contribution in [-0.4, -0.2) is 25.8 Å². The first kappa shape index (κ1) is 10.0. The molecule has 0 saturated carbocycles. The number of alkyl halides is 1. The lowest BCUT2D eigenvalue weighted by Crippen LogP contribution is -2.01. The van der Waals surface area contributed by atoms with Crippen LogP contribution < -0.4 is 0 Å². The Kier molecular flexibility index (Phi) is 2.38. The molecule has 2 heterocycles. The molecule has 0 spiro atoms. The molecule has 80 valence electrons. The molecular weight excluding hydrogens is 195 g/mol. The topological polar surface area (TPSA) is 43.1 Å². The van der Waals surface area contributed by atoms with Gasteiger partial charge in [-0.25, -0.2) is 13.9 Å². The Morgan fingerprint density at radius 2 is 2.20 bits per heavy atom. The molecule has 0 radical (unpaired) electrons. The summed E-state index contributed by atoms with van der Waals surface area (Å²) >= 11 is 0. The van der Waals surface area contributed by atoms with E-state index >= 15 is 0 Å². The predicted octanol–water partition coefficient (Wildman–Crippen LogP) is 1.64. The molecule has 1 unspecified atom stereocenters. The molecule has 0 aromatic carbocycles. The number of halogens is 1. The molecule has 0 N–H and O–H groups in total. The van der Waals surface area contributed by atoms with Gasteiger partial charge in [0.15, 0.2) is 11.5 Å². The summed E-state index contributed by atoms with van der Waals surface area (Å²) in [5.74, 6) is 0.532. The molecule has 0 fully saturated rings. The van der Waals surface area contributed by atoms with E-state index in [0.717, 1.165) is 11.4 Å². The van der Waals surface area contributed by atoms with Gasteiger partial charge in [0.05, 0.1) is 11.4 Å². The summed E-state index contributed by atoms with van der Waals surface area (Å²) in [4.78, 5) is 8.44. The van der Waals surface area contributed by atoms with Gasteiger partial charge in [-0.15, -0.1) is 0 Å². The first-order chi connectivity index (χ1) is 7.08. The minimum absolute atomic E-state index is 0.251. The average molecular weight is 208 g/mol. The number of nitrogens with zero attached hydrogens (tertiary/aromatic N) is 4. The minimum atomic E-state index is -0.920. The number of hydrogen-bond acceptors (Lipinski definition) is 3. The summed E-state index contributed by atoms with van der Waals surface area (Å²) in [5.41, 5.74) is 2.43. The molecule has 15 heavy (non-hydrogen) atoms. The van der Waals surface area contributed by atoms with Crippen molar-refractivity contribution in [2.45, 2.75) is 33.4 Å². The van der Waals surface area contributed by atoms with Crippen molar-refractivity contribution in [1.29, 1.82) is 0 Å². The highest BCUT2D eigenvalue weighted by Crippen LogP contribution is 2.09. The molecule has 0 aliphatic carbocycles. The molecule has 2 rings (SSSR count). The molecule has 1 atom stereocenters. The van der Waals surface area contributed by atoms with E-state index in [-0.39, 0.29) is 6.42 Å². The van der Waals surface area contributed by atoms with Gasteiger partial charge in [0, 0.05) is 12.6 Å². The zero-order chi connectivity index (χ0) is 11.0. The normalized spacial score (nSPS) is 13.3. The smallest absolute Gasteiger partial charge is 0.177 e. The highest BCUT2D eigenvalue weighted by atomic mass is 19.1.